The van der Waals surface area contributed by atoms with Gasteiger partial charge in [-0.3, -0.25) is 0 Å². The molecule has 1 heterocycles. The van der Waals surface area contributed by atoms with Gasteiger partial charge in [-0.1, -0.05) is 0 Å². The van der Waals surface area contributed by atoms with E-state index < -0.39 is 0 Å². The second-order valence-corrected chi connectivity index (χ2v) is 5.03. The Balaban J connectivity index is 2.55. The van der Waals surface area contributed by atoms with E-state index in [0.717, 1.165) is 27.6 Å². The van der Waals surface area contributed by atoms with E-state index in [-0.39, 0.29) is 5.63 Å². The molecule has 2 aromatic carbocycles. The maximum Gasteiger partial charge on any atom is 0.344 e. The third-order valence-electron chi connectivity index (χ3n) is 3.81. The fourth-order valence-corrected chi connectivity index (χ4v) is 2.71. The highest BCUT2D eigenvalue weighted by molar-refractivity contribution is 6.07. The molecule has 0 radical (unpaired) electrons. The second kappa shape index (κ2) is 4.81. The zero-order valence-corrected chi connectivity index (χ0v) is 12.4. The van der Waals surface area contributed by atoms with E-state index in [1.54, 1.807) is 20.3 Å². The van der Waals surface area contributed by atoms with Crippen LogP contribution >= 0.6 is 0 Å². The molecule has 0 saturated carbocycles. The predicted octanol–water partition coefficient (Wildman–Crippen LogP) is 3.58. The van der Waals surface area contributed by atoms with Crippen LogP contribution < -0.4 is 15.1 Å². The maximum atomic E-state index is 12.3. The van der Waals surface area contributed by atoms with Gasteiger partial charge in [0.1, 0.15) is 17.1 Å². The van der Waals surface area contributed by atoms with Gasteiger partial charge < -0.3 is 13.9 Å². The first-order valence-electron chi connectivity index (χ1n) is 6.65. The summed E-state index contributed by atoms with van der Waals surface area (Å²) in [5, 5.41) is 2.32. The van der Waals surface area contributed by atoms with Gasteiger partial charge in [0.05, 0.1) is 19.6 Å². The van der Waals surface area contributed by atoms with Gasteiger partial charge in [-0.2, -0.15) is 0 Å². The number of rotatable bonds is 2. The molecule has 0 saturated heterocycles. The number of aryl methyl sites for hydroxylation is 2. The zero-order chi connectivity index (χ0) is 15.1. The first-order chi connectivity index (χ1) is 10.1. The summed E-state index contributed by atoms with van der Waals surface area (Å²) < 4.78 is 16.1. The van der Waals surface area contributed by atoms with Crippen molar-refractivity contribution in [2.45, 2.75) is 13.8 Å². The maximum absolute atomic E-state index is 12.3. The number of ether oxygens (including phenoxy) is 2. The van der Waals surface area contributed by atoms with E-state index in [0.29, 0.717) is 16.7 Å². The van der Waals surface area contributed by atoms with Crippen molar-refractivity contribution in [2.75, 3.05) is 14.2 Å². The molecular weight excluding hydrogens is 268 g/mol. The van der Waals surface area contributed by atoms with E-state index in [1.807, 2.05) is 32.0 Å². The van der Waals surface area contributed by atoms with Crippen LogP contribution in [0.2, 0.25) is 0 Å². The first-order valence-corrected chi connectivity index (χ1v) is 6.65. The largest absolute Gasteiger partial charge is 0.497 e. The van der Waals surface area contributed by atoms with Gasteiger partial charge in [0, 0.05) is 16.3 Å². The Labute approximate surface area is 121 Å². The van der Waals surface area contributed by atoms with Crippen LogP contribution in [0.15, 0.2) is 33.5 Å². The lowest BCUT2D eigenvalue weighted by atomic mass is 10.00. The Morgan fingerprint density at radius 2 is 1.76 bits per heavy atom. The van der Waals surface area contributed by atoms with Gasteiger partial charge in [0.15, 0.2) is 0 Å². The van der Waals surface area contributed by atoms with Crippen LogP contribution in [0.25, 0.3) is 21.7 Å². The van der Waals surface area contributed by atoms with Crippen molar-refractivity contribution in [1.29, 1.82) is 0 Å². The lowest BCUT2D eigenvalue weighted by Gasteiger charge is -2.12. The molecule has 0 aliphatic carbocycles. The molecule has 0 atom stereocenters. The van der Waals surface area contributed by atoms with Crippen LogP contribution in [0.3, 0.4) is 0 Å². The zero-order valence-electron chi connectivity index (χ0n) is 12.4. The fraction of sp³-hybridized carbons (Fsp3) is 0.235. The van der Waals surface area contributed by atoms with E-state index >= 15 is 0 Å². The summed E-state index contributed by atoms with van der Waals surface area (Å²) in [7, 11) is 3.18. The van der Waals surface area contributed by atoms with Crippen molar-refractivity contribution in [2.24, 2.45) is 0 Å². The van der Waals surface area contributed by atoms with Crippen molar-refractivity contribution in [3.8, 4) is 11.5 Å². The van der Waals surface area contributed by atoms with Gasteiger partial charge in [-0.15, -0.1) is 0 Å². The molecule has 4 nitrogen and oxygen atoms in total. The van der Waals surface area contributed by atoms with E-state index in [1.165, 1.54) is 0 Å². The second-order valence-electron chi connectivity index (χ2n) is 5.03. The van der Waals surface area contributed by atoms with Gasteiger partial charge >= 0.3 is 5.63 Å². The highest BCUT2D eigenvalue weighted by Gasteiger charge is 2.15. The summed E-state index contributed by atoms with van der Waals surface area (Å²) >= 11 is 0. The fourth-order valence-electron chi connectivity index (χ4n) is 2.71. The Kier molecular flexibility index (Phi) is 3.09. The van der Waals surface area contributed by atoms with Crippen LogP contribution in [-0.4, -0.2) is 14.2 Å². The Morgan fingerprint density at radius 3 is 2.43 bits per heavy atom. The van der Waals surface area contributed by atoms with Crippen molar-refractivity contribution < 1.29 is 13.9 Å². The van der Waals surface area contributed by atoms with Gasteiger partial charge in [-0.05, 0) is 43.7 Å². The quantitative estimate of drug-likeness (QED) is 0.533. The summed E-state index contributed by atoms with van der Waals surface area (Å²) in [6.07, 6.45) is 0. The van der Waals surface area contributed by atoms with Crippen molar-refractivity contribution in [3.63, 3.8) is 0 Å². The molecule has 0 unspecified atom stereocenters. The third kappa shape index (κ3) is 1.95. The van der Waals surface area contributed by atoms with E-state index in [9.17, 15) is 4.79 Å². The molecule has 21 heavy (non-hydrogen) atoms. The molecule has 4 heteroatoms. The van der Waals surface area contributed by atoms with Crippen LogP contribution in [0.5, 0.6) is 11.5 Å². The minimum atomic E-state index is -0.368. The highest BCUT2D eigenvalue weighted by Crippen LogP contribution is 2.34. The van der Waals surface area contributed by atoms with E-state index in [4.69, 9.17) is 13.9 Å². The SMILES string of the molecule is COc1ccc2c(c1)c(=O)oc1c(C)c(OC)cc(C)c12. The molecule has 1 aromatic heterocycles. The summed E-state index contributed by atoms with van der Waals surface area (Å²) in [6, 6.07) is 7.41. The molecule has 0 aliphatic heterocycles. The lowest BCUT2D eigenvalue weighted by Crippen LogP contribution is -2.03. The molecule has 0 bridgehead atoms. The molecule has 3 rings (SSSR count). The molecule has 0 fully saturated rings. The number of hydrogen-bond donors (Lipinski definition) is 0. The summed E-state index contributed by atoms with van der Waals surface area (Å²) in [5.41, 5.74) is 2.04. The average molecular weight is 284 g/mol. The van der Waals surface area contributed by atoms with Crippen LogP contribution in [-0.2, 0) is 0 Å². The highest BCUT2D eigenvalue weighted by atomic mass is 16.5. The molecule has 0 spiro atoms. The smallest absolute Gasteiger partial charge is 0.344 e. The van der Waals surface area contributed by atoms with Crippen LogP contribution in [0.1, 0.15) is 11.1 Å². The number of benzene rings is 2. The van der Waals surface area contributed by atoms with Crippen LogP contribution in [0, 0.1) is 13.8 Å². The molecule has 0 N–H and O–H groups in total. The van der Waals surface area contributed by atoms with Gasteiger partial charge in [0.2, 0.25) is 0 Å². The summed E-state index contributed by atoms with van der Waals surface area (Å²) in [6.45, 7) is 3.87. The van der Waals surface area contributed by atoms with E-state index in [2.05, 4.69) is 0 Å². The normalized spacial score (nSPS) is 11.0. The predicted molar refractivity (Wildman–Crippen MR) is 82.6 cm³/mol. The third-order valence-corrected chi connectivity index (χ3v) is 3.81. The molecule has 108 valence electrons. The van der Waals surface area contributed by atoms with Crippen molar-refractivity contribution in [1.82, 2.24) is 0 Å². The minimum Gasteiger partial charge on any atom is -0.497 e. The number of hydrogen-bond acceptors (Lipinski definition) is 4. The molecular formula is C17H16O4. The monoisotopic (exact) mass is 284 g/mol. The van der Waals surface area contributed by atoms with Crippen molar-refractivity contribution in [3.05, 3.63) is 45.8 Å². The molecule has 3 aromatic rings. The summed E-state index contributed by atoms with van der Waals surface area (Å²) in [4.78, 5) is 12.3. The Hall–Kier alpha value is -2.49. The van der Waals surface area contributed by atoms with Gasteiger partial charge in [-0.25, -0.2) is 4.79 Å². The minimum absolute atomic E-state index is 0.368. The lowest BCUT2D eigenvalue weighted by molar-refractivity contribution is 0.410. The first kappa shape index (κ1) is 13.5. The average Bonchev–Trinajstić information content (AvgIpc) is 2.50. The Morgan fingerprint density at radius 1 is 1.00 bits per heavy atom. The molecule has 0 aliphatic rings. The van der Waals surface area contributed by atoms with Crippen LogP contribution in [0.4, 0.5) is 0 Å². The van der Waals surface area contributed by atoms with Gasteiger partial charge in [0.25, 0.3) is 0 Å². The number of methoxy groups -OCH3 is 2. The standard InChI is InChI=1S/C17H16O4/c1-9-7-14(20-4)10(2)16-15(9)12-6-5-11(19-3)8-13(12)17(18)21-16/h5-8H,1-4H3. The molecule has 0 amide bonds. The summed E-state index contributed by atoms with van der Waals surface area (Å²) in [5.74, 6) is 1.35. The van der Waals surface area contributed by atoms with Crippen molar-refractivity contribution >= 4 is 21.7 Å². The Bertz CT molecular complexity index is 906. The topological polar surface area (TPSA) is 48.7 Å². The number of fused-ring (bicyclic) bond motifs is 3.